The van der Waals surface area contributed by atoms with Gasteiger partial charge in [-0.25, -0.2) is 0 Å². The van der Waals surface area contributed by atoms with Crippen molar-refractivity contribution < 1.29 is 17.3 Å². The van der Waals surface area contributed by atoms with Crippen LogP contribution in [-0.2, 0) is 0 Å². The molecule has 0 saturated carbocycles. The highest BCUT2D eigenvalue weighted by Crippen LogP contribution is 2.43. The number of halogens is 1. The maximum atomic E-state index is 2.33. The molecular formula is C15H20ClN. The van der Waals surface area contributed by atoms with E-state index in [2.05, 4.69) is 38.1 Å². The Morgan fingerprint density at radius 2 is 2.06 bits per heavy atom. The van der Waals surface area contributed by atoms with Crippen molar-refractivity contribution in [2.24, 2.45) is 0 Å². The topological polar surface area (TPSA) is 4.44 Å². The summed E-state index contributed by atoms with van der Waals surface area (Å²) in [6.07, 6.45) is 1.30. The quantitative estimate of drug-likeness (QED) is 0.643. The van der Waals surface area contributed by atoms with Crippen LogP contribution in [0.4, 0.5) is 0 Å². The Morgan fingerprint density at radius 3 is 2.82 bits per heavy atom. The number of likely N-dealkylation sites (tertiary alicyclic amines) is 1. The smallest absolute Gasteiger partial charge is 0.0879 e. The summed E-state index contributed by atoms with van der Waals surface area (Å²) >= 11 is 0. The molecule has 0 radical (unpaired) electrons. The number of piperidine rings is 1. The lowest BCUT2D eigenvalue weighted by Crippen LogP contribution is -3.13. The van der Waals surface area contributed by atoms with Crippen LogP contribution in [0, 0.1) is 0 Å². The lowest BCUT2D eigenvalue weighted by atomic mass is 9.90. The normalized spacial score (nSPS) is 26.2. The second-order valence-corrected chi connectivity index (χ2v) is 5.10. The van der Waals surface area contributed by atoms with Gasteiger partial charge >= 0.3 is 0 Å². The molecule has 17 heavy (non-hydrogen) atoms. The Kier molecular flexibility index (Phi) is 3.60. The summed E-state index contributed by atoms with van der Waals surface area (Å²) in [6.45, 7) is 8.52. The summed E-state index contributed by atoms with van der Waals surface area (Å²) in [6, 6.07) is 8.98. The number of allylic oxidation sites excluding steroid dienone is 1. The van der Waals surface area contributed by atoms with Gasteiger partial charge in [0.1, 0.15) is 0 Å². The van der Waals surface area contributed by atoms with Crippen molar-refractivity contribution in [3.8, 4) is 0 Å². The fourth-order valence-electron chi connectivity index (χ4n) is 3.38. The zero-order chi connectivity index (χ0) is 11.1. The fraction of sp³-hybridized carbons (Fsp3) is 0.467. The van der Waals surface area contributed by atoms with E-state index in [0.29, 0.717) is 0 Å². The largest absolute Gasteiger partial charge is 1.00 e. The fourth-order valence-corrected chi connectivity index (χ4v) is 3.38. The van der Waals surface area contributed by atoms with E-state index in [9.17, 15) is 0 Å². The average molecular weight is 250 g/mol. The first kappa shape index (κ1) is 12.7. The summed E-state index contributed by atoms with van der Waals surface area (Å²) in [5.74, 6) is 0.722. The van der Waals surface area contributed by atoms with Gasteiger partial charge in [0.25, 0.3) is 0 Å². The molecule has 0 spiro atoms. The van der Waals surface area contributed by atoms with Gasteiger partial charge in [-0.3, -0.25) is 0 Å². The molecule has 1 heterocycles. The first-order chi connectivity index (χ1) is 7.81. The molecule has 1 N–H and O–H groups in total. The van der Waals surface area contributed by atoms with E-state index in [1.165, 1.54) is 31.6 Å². The Bertz CT molecular complexity index is 450. The first-order valence-corrected chi connectivity index (χ1v) is 6.43. The summed E-state index contributed by atoms with van der Waals surface area (Å²) in [7, 11) is 0. The van der Waals surface area contributed by atoms with E-state index in [-0.39, 0.29) is 12.4 Å². The average Bonchev–Trinajstić information content (AvgIpc) is 2.64. The van der Waals surface area contributed by atoms with Gasteiger partial charge in [0.05, 0.1) is 25.6 Å². The number of hydrogen-bond acceptors (Lipinski definition) is 0. The van der Waals surface area contributed by atoms with E-state index < -0.39 is 0 Å². The SMILES string of the molecule is CC[NH+]1CCC2=C(C)c3ccccc3C2C1.[Cl-]. The molecule has 2 aliphatic rings. The van der Waals surface area contributed by atoms with Crippen LogP contribution in [0.25, 0.3) is 5.57 Å². The first-order valence-electron chi connectivity index (χ1n) is 6.43. The monoisotopic (exact) mass is 249 g/mol. The Balaban J connectivity index is 0.00000108. The van der Waals surface area contributed by atoms with Crippen LogP contribution in [0.5, 0.6) is 0 Å². The highest BCUT2D eigenvalue weighted by molar-refractivity contribution is 5.77. The van der Waals surface area contributed by atoms with E-state index in [1.54, 1.807) is 21.6 Å². The lowest BCUT2D eigenvalue weighted by molar-refractivity contribution is -0.902. The van der Waals surface area contributed by atoms with Crippen molar-refractivity contribution in [1.29, 1.82) is 0 Å². The summed E-state index contributed by atoms with van der Waals surface area (Å²) in [5.41, 5.74) is 6.38. The summed E-state index contributed by atoms with van der Waals surface area (Å²) < 4.78 is 0. The van der Waals surface area contributed by atoms with E-state index >= 15 is 0 Å². The molecule has 3 rings (SSSR count). The van der Waals surface area contributed by atoms with Crippen molar-refractivity contribution in [2.75, 3.05) is 19.6 Å². The Morgan fingerprint density at radius 1 is 1.29 bits per heavy atom. The van der Waals surface area contributed by atoms with Crippen LogP contribution in [0.1, 0.15) is 37.3 Å². The predicted octanol–water partition coefficient (Wildman–Crippen LogP) is -1.13. The highest BCUT2D eigenvalue weighted by Gasteiger charge is 2.35. The van der Waals surface area contributed by atoms with Crippen molar-refractivity contribution in [3.63, 3.8) is 0 Å². The molecule has 2 unspecified atom stereocenters. The summed E-state index contributed by atoms with van der Waals surface area (Å²) in [4.78, 5) is 1.76. The second kappa shape index (κ2) is 4.83. The molecule has 2 heteroatoms. The zero-order valence-corrected chi connectivity index (χ0v) is 11.3. The van der Waals surface area contributed by atoms with Crippen molar-refractivity contribution in [3.05, 3.63) is 41.0 Å². The van der Waals surface area contributed by atoms with Gasteiger partial charge in [0.2, 0.25) is 0 Å². The molecule has 1 nitrogen and oxygen atoms in total. The lowest BCUT2D eigenvalue weighted by Gasteiger charge is -2.29. The zero-order valence-electron chi connectivity index (χ0n) is 10.6. The third kappa shape index (κ3) is 1.92. The molecule has 1 fully saturated rings. The van der Waals surface area contributed by atoms with Gasteiger partial charge in [-0.05, 0) is 36.1 Å². The van der Waals surface area contributed by atoms with Crippen LogP contribution in [0.15, 0.2) is 29.8 Å². The molecule has 1 aromatic rings. The third-order valence-corrected chi connectivity index (χ3v) is 4.38. The molecule has 0 aromatic heterocycles. The molecule has 1 aliphatic heterocycles. The van der Waals surface area contributed by atoms with Gasteiger partial charge in [0.15, 0.2) is 0 Å². The molecule has 1 aromatic carbocycles. The minimum Gasteiger partial charge on any atom is -1.00 e. The number of hydrogen-bond donors (Lipinski definition) is 1. The highest BCUT2D eigenvalue weighted by atomic mass is 35.5. The number of rotatable bonds is 1. The van der Waals surface area contributed by atoms with Crippen LogP contribution < -0.4 is 17.3 Å². The van der Waals surface area contributed by atoms with E-state index in [0.717, 1.165) is 5.92 Å². The predicted molar refractivity (Wildman–Crippen MR) is 67.6 cm³/mol. The number of quaternary nitrogens is 1. The van der Waals surface area contributed by atoms with Gasteiger partial charge < -0.3 is 17.3 Å². The van der Waals surface area contributed by atoms with Gasteiger partial charge in [-0.2, -0.15) is 0 Å². The second-order valence-electron chi connectivity index (χ2n) is 5.10. The minimum atomic E-state index is 0. The minimum absolute atomic E-state index is 0. The van der Waals surface area contributed by atoms with E-state index in [1.807, 2.05) is 0 Å². The maximum absolute atomic E-state index is 2.33. The standard InChI is InChI=1S/C15H19N.ClH/c1-3-16-9-8-13-11(2)12-6-4-5-7-14(12)15(13)10-16;/h4-7,15H,3,8-10H2,1-2H3;1H. The van der Waals surface area contributed by atoms with Crippen LogP contribution in [0.2, 0.25) is 0 Å². The molecule has 1 saturated heterocycles. The van der Waals surface area contributed by atoms with Gasteiger partial charge in [-0.15, -0.1) is 0 Å². The molecule has 92 valence electrons. The molecule has 1 aliphatic carbocycles. The van der Waals surface area contributed by atoms with Crippen molar-refractivity contribution in [1.82, 2.24) is 0 Å². The van der Waals surface area contributed by atoms with Crippen LogP contribution >= 0.6 is 0 Å². The number of nitrogens with one attached hydrogen (secondary N) is 1. The van der Waals surface area contributed by atoms with Crippen molar-refractivity contribution in [2.45, 2.75) is 26.2 Å². The molecule has 0 amide bonds. The third-order valence-electron chi connectivity index (χ3n) is 4.38. The number of likely N-dealkylation sites (N-methyl/N-ethyl adjacent to an activating group) is 1. The Labute approximate surface area is 110 Å². The molecule has 2 atom stereocenters. The van der Waals surface area contributed by atoms with Gasteiger partial charge in [0, 0.05) is 6.42 Å². The molecular weight excluding hydrogens is 230 g/mol. The van der Waals surface area contributed by atoms with Crippen LogP contribution in [-0.4, -0.2) is 19.6 Å². The number of fused-ring (bicyclic) bond motifs is 3. The van der Waals surface area contributed by atoms with E-state index in [4.69, 9.17) is 0 Å². The molecule has 0 bridgehead atoms. The summed E-state index contributed by atoms with van der Waals surface area (Å²) in [5, 5.41) is 0. The maximum Gasteiger partial charge on any atom is 0.0879 e. The van der Waals surface area contributed by atoms with Crippen molar-refractivity contribution >= 4 is 5.57 Å². The van der Waals surface area contributed by atoms with Crippen LogP contribution in [0.3, 0.4) is 0 Å². The Hall–Kier alpha value is -0.790. The number of benzene rings is 1. The van der Waals surface area contributed by atoms with Gasteiger partial charge in [-0.1, -0.05) is 24.3 Å².